The van der Waals surface area contributed by atoms with E-state index in [1.165, 1.54) is 18.2 Å². The van der Waals surface area contributed by atoms with E-state index in [9.17, 15) is 24.1 Å². The lowest BCUT2D eigenvalue weighted by Crippen LogP contribution is -2.25. The number of esters is 1. The minimum Gasteiger partial charge on any atom is -0.462 e. The summed E-state index contributed by atoms with van der Waals surface area (Å²) in [6.45, 7) is 3.56. The Kier molecular flexibility index (Phi) is 7.20. The maximum atomic E-state index is 13.9. The smallest absolute Gasteiger partial charge is 0.338 e. The number of halogens is 1. The molecule has 8 heteroatoms. The van der Waals surface area contributed by atoms with Gasteiger partial charge in [0.15, 0.2) is 0 Å². The van der Waals surface area contributed by atoms with Gasteiger partial charge in [-0.3, -0.25) is 14.9 Å². The number of rotatable bonds is 8. The first-order valence-corrected chi connectivity index (χ1v) is 8.87. The molecule has 0 radical (unpaired) electrons. The largest absolute Gasteiger partial charge is 0.462 e. The summed E-state index contributed by atoms with van der Waals surface area (Å²) in [5, 5.41) is 13.8. The van der Waals surface area contributed by atoms with Crippen LogP contribution in [0.4, 0.5) is 15.8 Å². The molecule has 0 bridgehead atoms. The molecule has 0 aliphatic carbocycles. The maximum absolute atomic E-state index is 13.9. The van der Waals surface area contributed by atoms with E-state index in [2.05, 4.69) is 5.32 Å². The van der Waals surface area contributed by atoms with Crippen molar-refractivity contribution in [3.05, 3.63) is 69.5 Å². The van der Waals surface area contributed by atoms with Crippen molar-refractivity contribution in [2.24, 2.45) is 5.92 Å². The highest BCUT2D eigenvalue weighted by atomic mass is 19.1. The zero-order valence-electron chi connectivity index (χ0n) is 15.6. The first-order chi connectivity index (χ1) is 13.4. The van der Waals surface area contributed by atoms with Crippen LogP contribution in [-0.2, 0) is 16.0 Å². The number of hydrogen-bond acceptors (Lipinski definition) is 5. The van der Waals surface area contributed by atoms with Crippen molar-refractivity contribution < 1.29 is 23.6 Å². The third-order valence-corrected chi connectivity index (χ3v) is 4.25. The third kappa shape index (κ3) is 5.12. The molecule has 2 aromatic carbocycles. The van der Waals surface area contributed by atoms with E-state index in [0.717, 1.165) is 6.07 Å². The molecule has 0 spiro atoms. The average Bonchev–Trinajstić information content (AvgIpc) is 2.67. The van der Waals surface area contributed by atoms with Crippen LogP contribution in [-0.4, -0.2) is 23.4 Å². The van der Waals surface area contributed by atoms with E-state index < -0.39 is 28.5 Å². The molecular weight excluding hydrogens is 367 g/mol. The monoisotopic (exact) mass is 388 g/mol. The zero-order valence-corrected chi connectivity index (χ0v) is 15.6. The Balaban J connectivity index is 2.26. The number of carbonyl (C=O) groups excluding carboxylic acids is 2. The lowest BCUT2D eigenvalue weighted by molar-refractivity contribution is -0.383. The van der Waals surface area contributed by atoms with E-state index in [-0.39, 0.29) is 30.0 Å². The summed E-state index contributed by atoms with van der Waals surface area (Å²) in [6, 6.07) is 9.76. The predicted molar refractivity (Wildman–Crippen MR) is 102 cm³/mol. The molecule has 0 aliphatic heterocycles. The molecule has 0 saturated carbocycles. The third-order valence-electron chi connectivity index (χ3n) is 4.25. The van der Waals surface area contributed by atoms with Crippen LogP contribution in [0.5, 0.6) is 0 Å². The van der Waals surface area contributed by atoms with Gasteiger partial charge in [-0.25, -0.2) is 9.18 Å². The number of anilines is 1. The number of nitro groups is 1. The highest BCUT2D eigenvalue weighted by Gasteiger charge is 2.23. The highest BCUT2D eigenvalue weighted by Crippen LogP contribution is 2.27. The van der Waals surface area contributed by atoms with Gasteiger partial charge in [0.1, 0.15) is 11.5 Å². The summed E-state index contributed by atoms with van der Waals surface area (Å²) in [6.07, 6.45) is 0.561. The van der Waals surface area contributed by atoms with E-state index in [0.29, 0.717) is 12.0 Å². The molecule has 1 amide bonds. The van der Waals surface area contributed by atoms with Gasteiger partial charge in [0, 0.05) is 12.0 Å². The van der Waals surface area contributed by atoms with Gasteiger partial charge in [-0.05, 0) is 43.5 Å². The van der Waals surface area contributed by atoms with Crippen molar-refractivity contribution in [2.45, 2.75) is 26.7 Å². The van der Waals surface area contributed by atoms with Gasteiger partial charge in [0.2, 0.25) is 5.91 Å². The molecule has 2 rings (SSSR count). The van der Waals surface area contributed by atoms with E-state index in [4.69, 9.17) is 4.74 Å². The van der Waals surface area contributed by atoms with Crippen LogP contribution >= 0.6 is 0 Å². The second kappa shape index (κ2) is 9.59. The Morgan fingerprint density at radius 2 is 1.93 bits per heavy atom. The zero-order chi connectivity index (χ0) is 20.7. The number of amides is 1. The van der Waals surface area contributed by atoms with Crippen LogP contribution in [0.15, 0.2) is 42.5 Å². The van der Waals surface area contributed by atoms with Crippen LogP contribution in [0.2, 0.25) is 0 Å². The highest BCUT2D eigenvalue weighted by molar-refractivity contribution is 5.97. The van der Waals surface area contributed by atoms with E-state index in [1.807, 2.05) is 0 Å². The first kappa shape index (κ1) is 21.0. The molecule has 1 atom stereocenters. The number of ether oxygens (including phenoxy) is 1. The van der Waals surface area contributed by atoms with Crippen LogP contribution in [0.1, 0.15) is 36.2 Å². The first-order valence-electron chi connectivity index (χ1n) is 8.87. The lowest BCUT2D eigenvalue weighted by Gasteiger charge is -2.16. The quantitative estimate of drug-likeness (QED) is 0.417. The molecule has 2 aromatic rings. The summed E-state index contributed by atoms with van der Waals surface area (Å²) in [5.41, 5.74) is 0.0267. The van der Waals surface area contributed by atoms with Gasteiger partial charge in [0.25, 0.3) is 5.69 Å². The summed E-state index contributed by atoms with van der Waals surface area (Å²) in [7, 11) is 0. The summed E-state index contributed by atoms with van der Waals surface area (Å²) >= 11 is 0. The van der Waals surface area contributed by atoms with Crippen LogP contribution in [0, 0.1) is 21.8 Å². The molecule has 148 valence electrons. The maximum Gasteiger partial charge on any atom is 0.338 e. The molecule has 0 aliphatic rings. The molecule has 28 heavy (non-hydrogen) atoms. The molecular formula is C20H21FN2O5. The van der Waals surface area contributed by atoms with Gasteiger partial charge in [-0.2, -0.15) is 0 Å². The fraction of sp³-hybridized carbons (Fsp3) is 0.300. The SMILES string of the molecule is CCOC(=O)c1ccc([N+](=O)[O-])c(NC(=O)C(CC)Cc2ccccc2F)c1. The Labute approximate surface area is 161 Å². The molecule has 0 saturated heterocycles. The van der Waals surface area contributed by atoms with Gasteiger partial charge >= 0.3 is 5.97 Å². The van der Waals surface area contributed by atoms with Crippen molar-refractivity contribution in [3.8, 4) is 0 Å². The molecule has 7 nitrogen and oxygen atoms in total. The lowest BCUT2D eigenvalue weighted by atomic mass is 9.95. The number of hydrogen-bond donors (Lipinski definition) is 1. The number of nitrogens with zero attached hydrogens (tertiary/aromatic N) is 1. The van der Waals surface area contributed by atoms with Crippen LogP contribution in [0.3, 0.4) is 0 Å². The summed E-state index contributed by atoms with van der Waals surface area (Å²) < 4.78 is 18.8. The number of nitro benzene ring substituents is 1. The van der Waals surface area contributed by atoms with Crippen molar-refractivity contribution in [1.82, 2.24) is 0 Å². The summed E-state index contributed by atoms with van der Waals surface area (Å²) in [4.78, 5) is 35.2. The predicted octanol–water partition coefficient (Wildman–Crippen LogP) is 4.12. The van der Waals surface area contributed by atoms with E-state index in [1.54, 1.807) is 32.0 Å². The van der Waals surface area contributed by atoms with Crippen molar-refractivity contribution in [1.29, 1.82) is 0 Å². The second-order valence-electron chi connectivity index (χ2n) is 6.10. The van der Waals surface area contributed by atoms with E-state index >= 15 is 0 Å². The van der Waals surface area contributed by atoms with Crippen LogP contribution in [0.25, 0.3) is 0 Å². The molecule has 0 aromatic heterocycles. The number of carbonyl (C=O) groups is 2. The second-order valence-corrected chi connectivity index (χ2v) is 6.10. The van der Waals surface area contributed by atoms with Crippen molar-refractivity contribution in [3.63, 3.8) is 0 Å². The Morgan fingerprint density at radius 1 is 1.21 bits per heavy atom. The van der Waals surface area contributed by atoms with Gasteiger partial charge < -0.3 is 10.1 Å². The van der Waals surface area contributed by atoms with Crippen LogP contribution < -0.4 is 5.32 Å². The van der Waals surface area contributed by atoms with Crippen molar-refractivity contribution >= 4 is 23.3 Å². The fourth-order valence-corrected chi connectivity index (χ4v) is 2.72. The minimum atomic E-state index is -0.650. The molecule has 0 fully saturated rings. The Morgan fingerprint density at radius 3 is 2.54 bits per heavy atom. The molecule has 1 N–H and O–H groups in total. The number of benzene rings is 2. The Bertz CT molecular complexity index is 885. The number of nitrogens with one attached hydrogen (secondary N) is 1. The summed E-state index contributed by atoms with van der Waals surface area (Å²) in [5.74, 6) is -2.15. The average molecular weight is 388 g/mol. The standard InChI is InChI=1S/C20H21FN2O5/c1-3-13(11-14-7-5-6-8-16(14)21)19(24)22-17-12-15(20(25)28-4-2)9-10-18(17)23(26)27/h5-10,12-13H,3-4,11H2,1-2H3,(H,22,24). The van der Waals surface area contributed by atoms with Gasteiger partial charge in [-0.15, -0.1) is 0 Å². The normalized spacial score (nSPS) is 11.5. The fourth-order valence-electron chi connectivity index (χ4n) is 2.72. The Hall–Kier alpha value is -3.29. The molecule has 0 heterocycles. The topological polar surface area (TPSA) is 98.5 Å². The van der Waals surface area contributed by atoms with Crippen molar-refractivity contribution in [2.75, 3.05) is 11.9 Å². The molecule has 1 unspecified atom stereocenters. The minimum absolute atomic E-state index is 0.0879. The van der Waals surface area contributed by atoms with Gasteiger partial charge in [-0.1, -0.05) is 25.1 Å². The van der Waals surface area contributed by atoms with Gasteiger partial charge in [0.05, 0.1) is 17.1 Å².